The summed E-state index contributed by atoms with van der Waals surface area (Å²) in [7, 11) is 0. The van der Waals surface area contributed by atoms with E-state index >= 15 is 0 Å². The summed E-state index contributed by atoms with van der Waals surface area (Å²) in [6.45, 7) is 6.44. The fourth-order valence-corrected chi connectivity index (χ4v) is 8.62. The Bertz CT molecular complexity index is 1460. The number of rotatable bonds is 56. The number of carbonyl (C=O) groups is 3. The third kappa shape index (κ3) is 59.2. The maximum atomic E-state index is 12.8. The average molecular weight is 1030 g/mol. The van der Waals surface area contributed by atoms with Crippen molar-refractivity contribution in [3.8, 4) is 0 Å². The summed E-state index contributed by atoms with van der Waals surface area (Å²) >= 11 is 0. The van der Waals surface area contributed by atoms with Gasteiger partial charge in [0.25, 0.3) is 0 Å². The number of ether oxygens (including phenoxy) is 3. The maximum Gasteiger partial charge on any atom is 0.306 e. The molecule has 0 amide bonds. The van der Waals surface area contributed by atoms with E-state index in [0.29, 0.717) is 19.3 Å². The molecule has 424 valence electrons. The zero-order valence-corrected chi connectivity index (χ0v) is 48.6. The van der Waals surface area contributed by atoms with Crippen LogP contribution in [0.1, 0.15) is 297 Å². The topological polar surface area (TPSA) is 78.9 Å². The SMILES string of the molecule is CC/C=C\C/C=C\C/C=C\C/C=C\CCCCCCC(=O)OC(COC(=O)CCCCCCC/C=C\CCC)COC(=O)CCCCCCCCCCCCCCCC/C=C\C/C=C\C/C=C\CCCCCCC. The van der Waals surface area contributed by atoms with E-state index < -0.39 is 6.10 Å². The quantitative estimate of drug-likeness (QED) is 0.0261. The highest BCUT2D eigenvalue weighted by molar-refractivity contribution is 5.71. The second kappa shape index (κ2) is 61.9. The molecule has 74 heavy (non-hydrogen) atoms. The molecule has 0 aromatic heterocycles. The van der Waals surface area contributed by atoms with Gasteiger partial charge in [-0.15, -0.1) is 0 Å². The van der Waals surface area contributed by atoms with E-state index in [-0.39, 0.29) is 31.1 Å². The molecule has 6 nitrogen and oxygen atoms in total. The minimum atomic E-state index is -0.794. The number of unbranched alkanes of at least 4 members (excludes halogenated alkanes) is 29. The standard InChI is InChI=1S/C68H116O6/c1-4-7-10-13-16-19-22-24-26-28-29-30-31-32-33-34-35-36-37-38-39-41-42-44-46-49-52-55-58-61-67(70)73-64-65(63-72-66(69)60-57-54-51-48-21-18-15-12-9-6-3)74-68(71)62-59-56-53-50-47-45-43-40-27-25-23-20-17-14-11-8-5-2/h8,11-12,15,17,20,22,24-25,27-29,31-32,43,45,65H,4-7,9-10,13-14,16,18-19,21,23,26,30,33-42,44,46-64H2,1-3H3/b11-8-,15-12-,20-17-,24-22-,27-25-,29-28-,32-31-,45-43-. The van der Waals surface area contributed by atoms with Crippen LogP contribution in [0.4, 0.5) is 0 Å². The fourth-order valence-electron chi connectivity index (χ4n) is 8.62. The Morgan fingerprint density at radius 1 is 0.284 bits per heavy atom. The molecule has 0 aliphatic carbocycles. The van der Waals surface area contributed by atoms with Crippen molar-refractivity contribution >= 4 is 17.9 Å². The van der Waals surface area contributed by atoms with Crippen LogP contribution in [0.25, 0.3) is 0 Å². The summed E-state index contributed by atoms with van der Waals surface area (Å²) in [5, 5.41) is 0. The van der Waals surface area contributed by atoms with Crippen LogP contribution in [0.5, 0.6) is 0 Å². The molecule has 1 atom stereocenters. The van der Waals surface area contributed by atoms with E-state index in [4.69, 9.17) is 14.2 Å². The smallest absolute Gasteiger partial charge is 0.306 e. The Morgan fingerprint density at radius 3 is 0.892 bits per heavy atom. The molecule has 0 bridgehead atoms. The first-order valence-electron chi connectivity index (χ1n) is 31.2. The Hall–Kier alpha value is -3.67. The fraction of sp³-hybridized carbons (Fsp3) is 0.721. The highest BCUT2D eigenvalue weighted by atomic mass is 16.6. The van der Waals surface area contributed by atoms with Crippen LogP contribution in [0.3, 0.4) is 0 Å². The van der Waals surface area contributed by atoms with Gasteiger partial charge in [-0.3, -0.25) is 14.4 Å². The molecule has 0 aliphatic heterocycles. The molecule has 0 saturated carbocycles. The molecule has 1 unspecified atom stereocenters. The van der Waals surface area contributed by atoms with Gasteiger partial charge in [0.1, 0.15) is 13.2 Å². The summed E-state index contributed by atoms with van der Waals surface area (Å²) in [5.74, 6) is -0.921. The van der Waals surface area contributed by atoms with Crippen molar-refractivity contribution in [3.05, 3.63) is 97.2 Å². The van der Waals surface area contributed by atoms with Crippen LogP contribution in [0, 0.1) is 0 Å². The first-order valence-corrected chi connectivity index (χ1v) is 31.2. The van der Waals surface area contributed by atoms with Gasteiger partial charge in [-0.1, -0.05) is 259 Å². The van der Waals surface area contributed by atoms with Crippen LogP contribution in [-0.2, 0) is 28.6 Å². The van der Waals surface area contributed by atoms with Crippen LogP contribution in [0.2, 0.25) is 0 Å². The van der Waals surface area contributed by atoms with E-state index in [9.17, 15) is 14.4 Å². The monoisotopic (exact) mass is 1030 g/mol. The summed E-state index contributed by atoms with van der Waals surface area (Å²) in [6.07, 6.45) is 82.8. The van der Waals surface area contributed by atoms with Gasteiger partial charge in [0, 0.05) is 19.3 Å². The maximum absolute atomic E-state index is 12.8. The summed E-state index contributed by atoms with van der Waals surface area (Å²) in [4.78, 5) is 38.1. The molecule has 0 aromatic rings. The number of esters is 3. The van der Waals surface area contributed by atoms with Crippen LogP contribution in [-0.4, -0.2) is 37.2 Å². The number of carbonyl (C=O) groups excluding carboxylic acids is 3. The zero-order chi connectivity index (χ0) is 53.6. The molecule has 0 rings (SSSR count). The Kier molecular flexibility index (Phi) is 58.8. The summed E-state index contributed by atoms with van der Waals surface area (Å²) < 4.78 is 16.8. The summed E-state index contributed by atoms with van der Waals surface area (Å²) in [5.41, 5.74) is 0. The van der Waals surface area contributed by atoms with Crippen molar-refractivity contribution in [2.75, 3.05) is 13.2 Å². The van der Waals surface area contributed by atoms with E-state index in [1.165, 1.54) is 128 Å². The molecule has 6 heteroatoms. The lowest BCUT2D eigenvalue weighted by molar-refractivity contribution is -0.167. The number of hydrogen-bond acceptors (Lipinski definition) is 6. The molecule has 0 aliphatic rings. The molecular formula is C68H116O6. The highest BCUT2D eigenvalue weighted by Crippen LogP contribution is 2.16. The molecule has 0 aromatic carbocycles. The first-order chi connectivity index (χ1) is 36.5. The van der Waals surface area contributed by atoms with Gasteiger partial charge in [0.15, 0.2) is 6.10 Å². The van der Waals surface area contributed by atoms with Crippen molar-refractivity contribution in [2.24, 2.45) is 0 Å². The summed E-state index contributed by atoms with van der Waals surface area (Å²) in [6, 6.07) is 0. The molecule has 0 heterocycles. The van der Waals surface area contributed by atoms with Crippen LogP contribution in [0.15, 0.2) is 97.2 Å². The van der Waals surface area contributed by atoms with Gasteiger partial charge < -0.3 is 14.2 Å². The minimum absolute atomic E-state index is 0.0900. The van der Waals surface area contributed by atoms with Gasteiger partial charge in [-0.2, -0.15) is 0 Å². The van der Waals surface area contributed by atoms with Crippen molar-refractivity contribution in [1.82, 2.24) is 0 Å². The largest absolute Gasteiger partial charge is 0.462 e. The van der Waals surface area contributed by atoms with Crippen molar-refractivity contribution in [1.29, 1.82) is 0 Å². The van der Waals surface area contributed by atoms with Crippen molar-refractivity contribution in [2.45, 2.75) is 303 Å². The van der Waals surface area contributed by atoms with Crippen molar-refractivity contribution < 1.29 is 28.6 Å². The van der Waals surface area contributed by atoms with E-state index in [1.54, 1.807) is 0 Å². The van der Waals surface area contributed by atoms with Gasteiger partial charge >= 0.3 is 17.9 Å². The second-order valence-corrected chi connectivity index (χ2v) is 20.6. The predicted molar refractivity (Wildman–Crippen MR) is 320 cm³/mol. The molecule has 0 spiro atoms. The van der Waals surface area contributed by atoms with Gasteiger partial charge in [-0.25, -0.2) is 0 Å². The first kappa shape index (κ1) is 70.3. The number of allylic oxidation sites excluding steroid dienone is 16. The van der Waals surface area contributed by atoms with E-state index in [0.717, 1.165) is 128 Å². The Labute approximate surface area is 457 Å². The second-order valence-electron chi connectivity index (χ2n) is 20.6. The normalized spacial score (nSPS) is 12.7. The lowest BCUT2D eigenvalue weighted by Crippen LogP contribution is -2.30. The minimum Gasteiger partial charge on any atom is -0.462 e. The van der Waals surface area contributed by atoms with E-state index in [1.807, 2.05) is 0 Å². The van der Waals surface area contributed by atoms with Crippen molar-refractivity contribution in [3.63, 3.8) is 0 Å². The zero-order valence-electron chi connectivity index (χ0n) is 48.6. The Morgan fingerprint density at radius 2 is 0.554 bits per heavy atom. The third-order valence-electron chi connectivity index (χ3n) is 13.3. The highest BCUT2D eigenvalue weighted by Gasteiger charge is 2.19. The van der Waals surface area contributed by atoms with Crippen LogP contribution < -0.4 is 0 Å². The third-order valence-corrected chi connectivity index (χ3v) is 13.3. The average Bonchev–Trinajstić information content (AvgIpc) is 3.40. The molecule has 0 fully saturated rings. The van der Waals surface area contributed by atoms with E-state index in [2.05, 4.69) is 118 Å². The molecule has 0 saturated heterocycles. The van der Waals surface area contributed by atoms with Gasteiger partial charge in [0.05, 0.1) is 0 Å². The van der Waals surface area contributed by atoms with Gasteiger partial charge in [0.2, 0.25) is 0 Å². The lowest BCUT2D eigenvalue weighted by atomic mass is 10.0. The molecular weight excluding hydrogens is 913 g/mol. The Balaban J connectivity index is 4.21. The number of hydrogen-bond donors (Lipinski definition) is 0. The van der Waals surface area contributed by atoms with Gasteiger partial charge in [-0.05, 0) is 116 Å². The molecule has 0 radical (unpaired) electrons. The van der Waals surface area contributed by atoms with Crippen LogP contribution >= 0.6 is 0 Å². The predicted octanol–water partition coefficient (Wildman–Crippen LogP) is 21.3. The lowest BCUT2D eigenvalue weighted by Gasteiger charge is -2.18. The molecule has 0 N–H and O–H groups in total.